The van der Waals surface area contributed by atoms with Gasteiger partial charge in [-0.15, -0.1) is 0 Å². The van der Waals surface area contributed by atoms with Crippen molar-refractivity contribution >= 4 is 0 Å². The molecule has 1 N–H and O–H groups in total. The summed E-state index contributed by atoms with van der Waals surface area (Å²) in [6.07, 6.45) is 7.08. The Hall–Kier alpha value is -1.09. The Kier molecular flexibility index (Phi) is 3.56. The zero-order chi connectivity index (χ0) is 10.5. The van der Waals surface area contributed by atoms with Crippen molar-refractivity contribution in [2.45, 2.75) is 31.7 Å². The van der Waals surface area contributed by atoms with Gasteiger partial charge in [0.2, 0.25) is 5.88 Å². The van der Waals surface area contributed by atoms with Crippen LogP contribution in [0.1, 0.15) is 37.3 Å². The van der Waals surface area contributed by atoms with Gasteiger partial charge in [0.15, 0.2) is 0 Å². The fourth-order valence-corrected chi connectivity index (χ4v) is 2.03. The molecule has 1 unspecified atom stereocenters. The van der Waals surface area contributed by atoms with Crippen LogP contribution in [0.5, 0.6) is 5.88 Å². The molecule has 15 heavy (non-hydrogen) atoms. The normalized spacial score (nSPS) is 22.1. The molecule has 3 heteroatoms. The SMILES string of the molecule is COc1ccc(C2CCCCCN2)cn1. The highest BCUT2D eigenvalue weighted by Gasteiger charge is 2.13. The quantitative estimate of drug-likeness (QED) is 0.806. The van der Waals surface area contributed by atoms with Crippen molar-refractivity contribution in [3.63, 3.8) is 0 Å². The molecule has 0 radical (unpaired) electrons. The van der Waals surface area contributed by atoms with Crippen LogP contribution in [-0.4, -0.2) is 18.6 Å². The molecule has 1 aliphatic rings. The van der Waals surface area contributed by atoms with Gasteiger partial charge in [0.25, 0.3) is 0 Å². The third-order valence-corrected chi connectivity index (χ3v) is 2.93. The van der Waals surface area contributed by atoms with E-state index in [1.54, 1.807) is 7.11 Å². The van der Waals surface area contributed by atoms with Gasteiger partial charge in [0.05, 0.1) is 7.11 Å². The molecule has 0 spiro atoms. The second-order valence-corrected chi connectivity index (χ2v) is 3.99. The number of nitrogens with one attached hydrogen (secondary N) is 1. The van der Waals surface area contributed by atoms with E-state index in [1.165, 1.54) is 31.2 Å². The number of methoxy groups -OCH3 is 1. The highest BCUT2D eigenvalue weighted by molar-refractivity contribution is 5.20. The molecule has 1 aromatic heterocycles. The number of aromatic nitrogens is 1. The average Bonchev–Trinajstić information content (AvgIpc) is 2.58. The maximum absolute atomic E-state index is 5.05. The van der Waals surface area contributed by atoms with Gasteiger partial charge in [-0.3, -0.25) is 0 Å². The highest BCUT2D eigenvalue weighted by Crippen LogP contribution is 2.22. The van der Waals surface area contributed by atoms with Gasteiger partial charge in [-0.1, -0.05) is 18.9 Å². The monoisotopic (exact) mass is 206 g/mol. The lowest BCUT2D eigenvalue weighted by atomic mass is 10.0. The van der Waals surface area contributed by atoms with Crippen LogP contribution in [0.4, 0.5) is 0 Å². The molecule has 0 aliphatic carbocycles. The summed E-state index contributed by atoms with van der Waals surface area (Å²) in [5, 5.41) is 3.55. The summed E-state index contributed by atoms with van der Waals surface area (Å²) in [5.41, 5.74) is 1.28. The molecule has 1 aliphatic heterocycles. The van der Waals surface area contributed by atoms with Crippen LogP contribution in [0.15, 0.2) is 18.3 Å². The molecule has 0 bridgehead atoms. The second-order valence-electron chi connectivity index (χ2n) is 3.99. The van der Waals surface area contributed by atoms with Gasteiger partial charge >= 0.3 is 0 Å². The molecule has 0 aromatic carbocycles. The Balaban J connectivity index is 2.06. The first-order valence-electron chi connectivity index (χ1n) is 5.63. The molecule has 2 rings (SSSR count). The Morgan fingerprint density at radius 3 is 3.00 bits per heavy atom. The van der Waals surface area contributed by atoms with Gasteiger partial charge in [0, 0.05) is 18.3 Å². The topological polar surface area (TPSA) is 34.1 Å². The van der Waals surface area contributed by atoms with E-state index in [1.807, 2.05) is 12.3 Å². The zero-order valence-electron chi connectivity index (χ0n) is 9.20. The first-order chi connectivity index (χ1) is 7.40. The van der Waals surface area contributed by atoms with E-state index < -0.39 is 0 Å². The van der Waals surface area contributed by atoms with Crippen molar-refractivity contribution < 1.29 is 4.74 Å². The standard InChI is InChI=1S/C12H18N2O/c1-15-12-7-6-10(9-14-12)11-5-3-2-4-8-13-11/h6-7,9,11,13H,2-5,8H2,1H3. The smallest absolute Gasteiger partial charge is 0.212 e. The summed E-state index contributed by atoms with van der Waals surface area (Å²) in [6.45, 7) is 1.12. The molecule has 1 saturated heterocycles. The Labute approximate surface area is 90.9 Å². The van der Waals surface area contributed by atoms with E-state index in [4.69, 9.17) is 4.74 Å². The summed E-state index contributed by atoms with van der Waals surface area (Å²) in [6, 6.07) is 4.52. The minimum atomic E-state index is 0.478. The minimum absolute atomic E-state index is 0.478. The maximum atomic E-state index is 5.05. The predicted molar refractivity (Wildman–Crippen MR) is 60.0 cm³/mol. The molecule has 2 heterocycles. The summed E-state index contributed by atoms with van der Waals surface area (Å²) >= 11 is 0. The summed E-state index contributed by atoms with van der Waals surface area (Å²) in [7, 11) is 1.64. The van der Waals surface area contributed by atoms with Gasteiger partial charge in [-0.05, 0) is 24.9 Å². The molecule has 1 atom stereocenters. The first kappa shape index (κ1) is 10.4. The Bertz CT molecular complexity index is 289. The first-order valence-corrected chi connectivity index (χ1v) is 5.63. The van der Waals surface area contributed by atoms with E-state index >= 15 is 0 Å². The molecular weight excluding hydrogens is 188 g/mol. The second kappa shape index (κ2) is 5.12. The summed E-state index contributed by atoms with van der Waals surface area (Å²) in [5.74, 6) is 0.687. The van der Waals surface area contributed by atoms with Gasteiger partial charge in [-0.25, -0.2) is 4.98 Å². The Morgan fingerprint density at radius 1 is 1.33 bits per heavy atom. The van der Waals surface area contributed by atoms with Gasteiger partial charge in [-0.2, -0.15) is 0 Å². The molecule has 1 aromatic rings. The van der Waals surface area contributed by atoms with Crippen LogP contribution in [0.25, 0.3) is 0 Å². The van der Waals surface area contributed by atoms with Crippen molar-refractivity contribution in [1.29, 1.82) is 0 Å². The van der Waals surface area contributed by atoms with Crippen LogP contribution in [0.2, 0.25) is 0 Å². The molecule has 1 fully saturated rings. The number of nitrogens with zero attached hydrogens (tertiary/aromatic N) is 1. The number of rotatable bonds is 2. The van der Waals surface area contributed by atoms with E-state index in [9.17, 15) is 0 Å². The van der Waals surface area contributed by atoms with Gasteiger partial charge < -0.3 is 10.1 Å². The maximum Gasteiger partial charge on any atom is 0.212 e. The predicted octanol–water partition coefficient (Wildman–Crippen LogP) is 2.29. The van der Waals surface area contributed by atoms with Crippen LogP contribution < -0.4 is 10.1 Å². The van der Waals surface area contributed by atoms with Crippen molar-refractivity contribution in [2.24, 2.45) is 0 Å². The van der Waals surface area contributed by atoms with Crippen LogP contribution >= 0.6 is 0 Å². The third-order valence-electron chi connectivity index (χ3n) is 2.93. The zero-order valence-corrected chi connectivity index (χ0v) is 9.20. The van der Waals surface area contributed by atoms with Crippen molar-refractivity contribution in [3.8, 4) is 5.88 Å². The van der Waals surface area contributed by atoms with E-state index in [-0.39, 0.29) is 0 Å². The van der Waals surface area contributed by atoms with E-state index in [2.05, 4.69) is 16.4 Å². The minimum Gasteiger partial charge on any atom is -0.481 e. The lowest BCUT2D eigenvalue weighted by molar-refractivity contribution is 0.397. The largest absolute Gasteiger partial charge is 0.481 e. The number of pyridine rings is 1. The highest BCUT2D eigenvalue weighted by atomic mass is 16.5. The van der Waals surface area contributed by atoms with Crippen LogP contribution in [0.3, 0.4) is 0 Å². The number of hydrogen-bond donors (Lipinski definition) is 1. The molecule has 0 amide bonds. The van der Waals surface area contributed by atoms with Crippen LogP contribution in [0, 0.1) is 0 Å². The fraction of sp³-hybridized carbons (Fsp3) is 0.583. The van der Waals surface area contributed by atoms with E-state index in [0.717, 1.165) is 6.54 Å². The molecular formula is C12H18N2O. The molecule has 0 saturated carbocycles. The van der Waals surface area contributed by atoms with E-state index in [0.29, 0.717) is 11.9 Å². The fourth-order valence-electron chi connectivity index (χ4n) is 2.03. The lowest BCUT2D eigenvalue weighted by Crippen LogP contribution is -2.20. The molecule has 3 nitrogen and oxygen atoms in total. The number of ether oxygens (including phenoxy) is 1. The van der Waals surface area contributed by atoms with Crippen molar-refractivity contribution in [3.05, 3.63) is 23.9 Å². The lowest BCUT2D eigenvalue weighted by Gasteiger charge is -2.15. The van der Waals surface area contributed by atoms with Crippen molar-refractivity contribution in [1.82, 2.24) is 10.3 Å². The van der Waals surface area contributed by atoms with Gasteiger partial charge in [0.1, 0.15) is 0 Å². The third kappa shape index (κ3) is 2.69. The Morgan fingerprint density at radius 2 is 2.27 bits per heavy atom. The van der Waals surface area contributed by atoms with Crippen molar-refractivity contribution in [2.75, 3.05) is 13.7 Å². The number of hydrogen-bond acceptors (Lipinski definition) is 3. The average molecular weight is 206 g/mol. The van der Waals surface area contributed by atoms with Crippen LogP contribution in [-0.2, 0) is 0 Å². The summed E-state index contributed by atoms with van der Waals surface area (Å²) in [4.78, 5) is 4.24. The molecule has 82 valence electrons. The summed E-state index contributed by atoms with van der Waals surface area (Å²) < 4.78 is 5.05.